The van der Waals surface area contributed by atoms with Crippen LogP contribution in [0.1, 0.15) is 33.4 Å². The molecule has 16 nitrogen and oxygen atoms in total. The molecule has 11 N–H and O–H groups in total. The maximum absolute atomic E-state index is 13.4. The molecule has 6 aromatic rings. The van der Waals surface area contributed by atoms with Gasteiger partial charge in [-0.2, -0.15) is 18.6 Å². The summed E-state index contributed by atoms with van der Waals surface area (Å²) in [7, 11) is -10.1. The average Bonchev–Trinajstić information content (AvgIpc) is 3.12. The largest absolute Gasteiger partial charge is 1.00 e. The van der Waals surface area contributed by atoms with Gasteiger partial charge in [-0.3, -0.25) is 4.55 Å². The van der Waals surface area contributed by atoms with E-state index in [1.165, 1.54) is 0 Å². The summed E-state index contributed by atoms with van der Waals surface area (Å²) >= 11 is 0. The Kier molecular flexibility index (Phi) is 14.3. The van der Waals surface area contributed by atoms with Crippen LogP contribution in [0.25, 0.3) is 21.9 Å². The number of hydrogen-bond donors (Lipinski definition) is 6. The fourth-order valence-electron chi connectivity index (χ4n) is 6.33. The molecule has 6 rings (SSSR count). The molecule has 0 aromatic heterocycles. The Morgan fingerprint density at radius 2 is 1.14 bits per heavy atom. The fourth-order valence-corrected chi connectivity index (χ4v) is 7.52. The van der Waals surface area contributed by atoms with Gasteiger partial charge in [0.2, 0.25) is 0 Å². The average molecular weight is 854 g/mol. The van der Waals surface area contributed by atoms with E-state index in [4.69, 9.17) is 28.7 Å². The predicted octanol–water partition coefficient (Wildman–Crippen LogP) is 1.31. The van der Waals surface area contributed by atoms with Crippen LogP contribution in [0.5, 0.6) is 5.75 Å². The van der Waals surface area contributed by atoms with Gasteiger partial charge in [0.05, 0.1) is 33.3 Å². The van der Waals surface area contributed by atoms with Crippen LogP contribution in [0.15, 0.2) is 103 Å². The third-order valence-corrected chi connectivity index (χ3v) is 11.2. The summed E-state index contributed by atoms with van der Waals surface area (Å²) in [6, 6.07) is 18.7. The number of anilines is 5. The molecule has 59 heavy (non-hydrogen) atoms. The normalized spacial score (nSPS) is 11.9. The van der Waals surface area contributed by atoms with Crippen molar-refractivity contribution in [3.63, 3.8) is 0 Å². The first-order valence-corrected chi connectivity index (χ1v) is 19.9. The van der Waals surface area contributed by atoms with E-state index >= 15 is 0 Å². The third kappa shape index (κ3) is 9.90. The van der Waals surface area contributed by atoms with Crippen LogP contribution in [-0.2, 0) is 26.7 Å². The van der Waals surface area contributed by atoms with Crippen LogP contribution >= 0.6 is 0 Å². The zero-order chi connectivity index (χ0) is 41.7. The Bertz CT molecular complexity index is 2960. The second kappa shape index (κ2) is 17.9. The van der Waals surface area contributed by atoms with Crippen molar-refractivity contribution in [1.29, 1.82) is 0 Å². The van der Waals surface area contributed by atoms with Crippen LogP contribution < -0.4 is 92.9 Å². The smallest absolute Gasteiger partial charge is 0.870 e. The third-order valence-electron chi connectivity index (χ3n) is 9.52. The molecule has 0 fully saturated rings. The molecule has 20 heteroatoms. The van der Waals surface area contributed by atoms with Crippen molar-refractivity contribution in [2.75, 3.05) is 28.7 Å². The first-order valence-electron chi connectivity index (χ1n) is 17.0. The zero-order valence-electron chi connectivity index (χ0n) is 33.0. The Morgan fingerprint density at radius 3 is 1.66 bits per heavy atom. The first-order chi connectivity index (χ1) is 26.6. The molecule has 0 unspecified atom stereocenters. The number of rotatable bonds is 9. The molecule has 0 aliphatic carbocycles. The Labute approximate surface area is 385 Å². The second-order valence-electron chi connectivity index (χ2n) is 13.6. The van der Waals surface area contributed by atoms with Gasteiger partial charge in [0.1, 0.15) is 20.7 Å². The maximum Gasteiger partial charge on any atom is 1.00 e. The number of aryl methyl sites for hydroxylation is 4. The number of nitrogen functional groups attached to an aromatic ring is 5. The summed E-state index contributed by atoms with van der Waals surface area (Å²) in [5.41, 5.74) is 39.5. The Hall–Kier alpha value is -4.60. The number of nitrogens with zero attached hydrogens (tertiary/aromatic N) is 4. The minimum atomic E-state index is -5.07. The Morgan fingerprint density at radius 1 is 0.593 bits per heavy atom. The van der Waals surface area contributed by atoms with Gasteiger partial charge in [-0.05, 0) is 132 Å². The molecule has 0 heterocycles. The van der Waals surface area contributed by atoms with Crippen molar-refractivity contribution in [3.05, 3.63) is 106 Å². The molecule has 0 bridgehead atoms. The van der Waals surface area contributed by atoms with Gasteiger partial charge in [-0.25, -0.2) is 8.42 Å². The number of fused-ring (bicyclic) bond motifs is 1. The number of nitrogens with two attached hydrogens (primary N) is 5. The summed E-state index contributed by atoms with van der Waals surface area (Å²) in [5.74, 6) is -1.05. The van der Waals surface area contributed by atoms with Gasteiger partial charge in [0, 0.05) is 23.5 Å². The van der Waals surface area contributed by atoms with Crippen molar-refractivity contribution in [2.24, 2.45) is 20.5 Å². The summed E-state index contributed by atoms with van der Waals surface area (Å²) in [5, 5.41) is 29.7. The van der Waals surface area contributed by atoms with E-state index < -0.39 is 47.2 Å². The van der Waals surface area contributed by atoms with E-state index in [1.807, 2.05) is 45.0 Å². The quantitative estimate of drug-likeness (QED) is 0.0519. The number of azo groups is 2. The van der Waals surface area contributed by atoms with Crippen molar-refractivity contribution >= 4 is 82.2 Å². The van der Waals surface area contributed by atoms with Crippen molar-refractivity contribution in [1.82, 2.24) is 0 Å². The van der Waals surface area contributed by atoms with E-state index in [-0.39, 0.29) is 75.6 Å². The number of hydrogen-bond acceptors (Lipinski definition) is 15. The minimum absolute atomic E-state index is 0. The number of benzene rings is 6. The minimum Gasteiger partial charge on any atom is -0.870 e. The van der Waals surface area contributed by atoms with Crippen molar-refractivity contribution in [2.45, 2.75) is 43.9 Å². The van der Waals surface area contributed by atoms with E-state index in [9.17, 15) is 31.0 Å². The van der Waals surface area contributed by atoms with Gasteiger partial charge in [0.15, 0.2) is 0 Å². The molecule has 0 saturated carbocycles. The molecule has 0 aliphatic heterocycles. The van der Waals surface area contributed by atoms with Gasteiger partial charge >= 0.3 is 59.1 Å². The molecule has 0 atom stereocenters. The summed E-state index contributed by atoms with van der Waals surface area (Å²) in [6.07, 6.45) is 0.445. The van der Waals surface area contributed by atoms with Gasteiger partial charge in [0.25, 0.3) is 10.1 Å². The molecule has 6 aromatic carbocycles. The Balaban J connectivity index is 0.00000384. The van der Waals surface area contributed by atoms with E-state index in [2.05, 4.69) is 20.5 Å². The molecule has 0 spiro atoms. The summed E-state index contributed by atoms with van der Waals surface area (Å²) in [6.45, 7) is 7.38. The standard InChI is InChI=1S/C39H39N9O7S2.2Na/c1-18-9-24(29(41)17-28(18)40)13-26-12-21(4)35(43)38(36(26)44)48-46-32-8-6-23(11-20(32)3)22-5-7-31(19(2)10-22)45-47-37-33(57(53,54)55)15-25-14-27(56(50,51)52)16-30(42)34(25)39(37)49;;/h5-12,14-17,49H,13,40-44H2,1-4H3,(H,50,51,52)(H,53,54,55);;/q;2*+1/p-2. The van der Waals surface area contributed by atoms with Crippen LogP contribution in [0.3, 0.4) is 0 Å². The maximum atomic E-state index is 13.4. The summed E-state index contributed by atoms with van der Waals surface area (Å²) in [4.78, 5) is -1.73. The van der Waals surface area contributed by atoms with Crippen molar-refractivity contribution in [3.8, 4) is 16.9 Å². The van der Waals surface area contributed by atoms with Crippen molar-refractivity contribution < 1.29 is 90.2 Å². The first kappa shape index (κ1) is 47.1. The van der Waals surface area contributed by atoms with Gasteiger partial charge in [-0.1, -0.05) is 30.0 Å². The van der Waals surface area contributed by atoms with E-state index in [0.717, 1.165) is 57.1 Å². The molecule has 0 aliphatic rings. The second-order valence-corrected chi connectivity index (χ2v) is 16.4. The SMILES string of the molecule is Cc1cc(Cc2cc(C)c(N)c(N=Nc3ccc(-c4ccc(N=Nc5c(S(=O)(=O)O)cc6cc(S(=O)(=O)[O-])cc(N)c6c5[O-])c(C)c4)cc3C)c2N)c(N)cc1N.[Na+].[Na+]. The zero-order valence-corrected chi connectivity index (χ0v) is 38.7. The topological polar surface area (TPSA) is 314 Å². The summed E-state index contributed by atoms with van der Waals surface area (Å²) < 4.78 is 69.2. The predicted molar refractivity (Wildman–Crippen MR) is 218 cm³/mol. The monoisotopic (exact) mass is 853 g/mol. The van der Waals surface area contributed by atoms with E-state index in [1.54, 1.807) is 37.3 Å². The van der Waals surface area contributed by atoms with Gasteiger partial charge < -0.3 is 38.3 Å². The fraction of sp³-hybridized carbons (Fsp3) is 0.128. The molecule has 0 radical (unpaired) electrons. The van der Waals surface area contributed by atoms with E-state index in [0.29, 0.717) is 46.1 Å². The van der Waals surface area contributed by atoms with Crippen LogP contribution in [0.4, 0.5) is 51.2 Å². The van der Waals surface area contributed by atoms with Crippen LogP contribution in [0.2, 0.25) is 0 Å². The van der Waals surface area contributed by atoms with Crippen LogP contribution in [-0.4, -0.2) is 25.9 Å². The molecule has 0 amide bonds. The molecule has 0 saturated heterocycles. The van der Waals surface area contributed by atoms with Gasteiger partial charge in [-0.15, -0.1) is 10.2 Å². The molecule has 294 valence electrons. The molecular weight excluding hydrogens is 817 g/mol. The van der Waals surface area contributed by atoms with Crippen LogP contribution in [0, 0.1) is 27.7 Å². The molecular formula is C39H37N9Na2O7S2.